The first kappa shape index (κ1) is 32.2. The van der Waals surface area contributed by atoms with Gasteiger partial charge in [0, 0.05) is 25.6 Å². The molecule has 1 heteroatoms. The minimum atomic E-state index is -0.412. The maximum atomic E-state index is 2.47. The molecule has 11 rings (SSSR count). The molecule has 0 fully saturated rings. The Morgan fingerprint density at radius 3 is 1.75 bits per heavy atom. The predicted octanol–water partition coefficient (Wildman–Crippen LogP) is 14.3. The minimum Gasteiger partial charge on any atom is -0.135 e. The Hall–Kier alpha value is -6.28. The van der Waals surface area contributed by atoms with Crippen LogP contribution in [0.5, 0.6) is 0 Å². The van der Waals surface area contributed by atoms with Crippen LogP contribution in [0.4, 0.5) is 0 Å². The molecule has 1 heterocycles. The van der Waals surface area contributed by atoms with E-state index in [1.807, 2.05) is 11.3 Å². The van der Waals surface area contributed by atoms with Crippen molar-refractivity contribution in [2.45, 2.75) is 24.7 Å². The van der Waals surface area contributed by atoms with Crippen LogP contribution in [-0.4, -0.2) is 0 Å². The first-order valence-corrected chi connectivity index (χ1v) is 20.1. The summed E-state index contributed by atoms with van der Waals surface area (Å²) in [4.78, 5) is 0. The van der Waals surface area contributed by atoms with E-state index in [0.29, 0.717) is 0 Å². The summed E-state index contributed by atoms with van der Waals surface area (Å²) in [7, 11) is 0. The van der Waals surface area contributed by atoms with Crippen LogP contribution in [0.2, 0.25) is 0 Å². The summed E-state index contributed by atoms with van der Waals surface area (Å²) in [6.07, 6.45) is 2.43. The maximum Gasteiger partial charge on any atom is 0.0713 e. The summed E-state index contributed by atoms with van der Waals surface area (Å²) in [6, 6.07) is 70.3. The third kappa shape index (κ3) is 4.70. The van der Waals surface area contributed by atoms with Crippen molar-refractivity contribution >= 4 is 43.2 Å². The molecule has 2 aliphatic rings. The number of fused-ring (bicyclic) bond motifs is 9. The highest BCUT2D eigenvalue weighted by molar-refractivity contribution is 7.25. The first-order valence-electron chi connectivity index (χ1n) is 19.3. The number of hydrogen-bond donors (Lipinski definition) is 0. The molecule has 0 aliphatic heterocycles. The van der Waals surface area contributed by atoms with Gasteiger partial charge in [0.1, 0.15) is 0 Å². The van der Waals surface area contributed by atoms with Crippen molar-refractivity contribution in [2.24, 2.45) is 0 Å². The van der Waals surface area contributed by atoms with Crippen LogP contribution in [0, 0.1) is 0 Å². The third-order valence-electron chi connectivity index (χ3n) is 12.4. The van der Waals surface area contributed by atoms with Gasteiger partial charge >= 0.3 is 0 Å². The monoisotopic (exact) mass is 718 g/mol. The highest BCUT2D eigenvalue weighted by Gasteiger charge is 2.46. The second-order valence-electron chi connectivity index (χ2n) is 15.6. The Kier molecular flexibility index (Phi) is 7.09. The Balaban J connectivity index is 1.14. The second-order valence-corrected chi connectivity index (χ2v) is 16.7. The molecule has 0 bridgehead atoms. The molecule has 8 aromatic carbocycles. The van der Waals surface area contributed by atoms with E-state index in [4.69, 9.17) is 0 Å². The lowest BCUT2D eigenvalue weighted by atomic mass is 9.67. The fraction of sp³-hybridized carbons (Fsp3) is 0.0741. The summed E-state index contributed by atoms with van der Waals surface area (Å²) in [6.45, 7) is 4.75. The molecule has 0 nitrogen and oxygen atoms in total. The molecule has 1 aromatic heterocycles. The van der Waals surface area contributed by atoms with E-state index in [1.165, 1.54) is 98.1 Å². The van der Waals surface area contributed by atoms with Gasteiger partial charge in [-0.25, -0.2) is 0 Å². The zero-order valence-corrected chi connectivity index (χ0v) is 31.7. The molecule has 55 heavy (non-hydrogen) atoms. The number of benzene rings is 8. The minimum absolute atomic E-state index is 0.0873. The summed E-state index contributed by atoms with van der Waals surface area (Å²) >= 11 is 1.87. The molecule has 0 atom stereocenters. The summed E-state index contributed by atoms with van der Waals surface area (Å²) in [5, 5.41) is 2.64. The zero-order valence-electron chi connectivity index (χ0n) is 30.9. The third-order valence-corrected chi connectivity index (χ3v) is 13.5. The molecule has 9 aromatic rings. The van der Waals surface area contributed by atoms with Crippen molar-refractivity contribution < 1.29 is 0 Å². The number of thiophene rings is 1. The summed E-state index contributed by atoms with van der Waals surface area (Å²) < 4.78 is 2.65. The lowest BCUT2D eigenvalue weighted by Gasteiger charge is -2.33. The molecule has 2 aliphatic carbocycles. The van der Waals surface area contributed by atoms with Crippen LogP contribution in [0.3, 0.4) is 0 Å². The van der Waals surface area contributed by atoms with Gasteiger partial charge in [-0.1, -0.05) is 172 Å². The van der Waals surface area contributed by atoms with Gasteiger partial charge in [0.05, 0.1) is 5.41 Å². The molecule has 0 N–H and O–H groups in total. The quantitative estimate of drug-likeness (QED) is 0.155. The summed E-state index contributed by atoms with van der Waals surface area (Å²) in [5.41, 5.74) is 17.7. The van der Waals surface area contributed by atoms with Gasteiger partial charge < -0.3 is 0 Å². The molecule has 0 radical (unpaired) electrons. The van der Waals surface area contributed by atoms with Crippen LogP contribution in [0.15, 0.2) is 188 Å². The maximum absolute atomic E-state index is 2.47. The SMILES string of the molecule is CC1(C)c2ccccc2-c2ccc(/C(=C/c3ccc4c(c3)-c3ccccc3C4(c3ccccc3)c3ccccc3)c3ccc4sc5ccccc5c4c3)cc21. The highest BCUT2D eigenvalue weighted by Crippen LogP contribution is 2.56. The fourth-order valence-corrected chi connectivity index (χ4v) is 10.9. The van der Waals surface area contributed by atoms with E-state index >= 15 is 0 Å². The molecule has 0 unspecified atom stereocenters. The molecular formula is C54H38S. The molecule has 0 saturated heterocycles. The Labute approximate surface area is 326 Å². The van der Waals surface area contributed by atoms with Crippen LogP contribution in [0.1, 0.15) is 63.9 Å². The van der Waals surface area contributed by atoms with Crippen LogP contribution < -0.4 is 0 Å². The Morgan fingerprint density at radius 2 is 0.982 bits per heavy atom. The van der Waals surface area contributed by atoms with E-state index in [1.54, 1.807) is 0 Å². The van der Waals surface area contributed by atoms with Gasteiger partial charge in [0.2, 0.25) is 0 Å². The molecule has 0 saturated carbocycles. The zero-order chi connectivity index (χ0) is 36.7. The molecule has 260 valence electrons. The second kappa shape index (κ2) is 12.1. The van der Waals surface area contributed by atoms with Crippen LogP contribution >= 0.6 is 11.3 Å². The first-order chi connectivity index (χ1) is 27.0. The van der Waals surface area contributed by atoms with Gasteiger partial charge in [0.25, 0.3) is 0 Å². The van der Waals surface area contributed by atoms with Gasteiger partial charge in [-0.3, -0.25) is 0 Å². The van der Waals surface area contributed by atoms with E-state index in [2.05, 4.69) is 208 Å². The molecule has 0 amide bonds. The van der Waals surface area contributed by atoms with E-state index < -0.39 is 5.41 Å². The van der Waals surface area contributed by atoms with Crippen molar-refractivity contribution in [3.05, 3.63) is 238 Å². The molecule has 0 spiro atoms. The standard InChI is InChI=1S/C54H38S/c1-53(2)47-22-12-9-19-40(47)42-28-26-37(34-50(42)53)44(36-27-30-52-46(33-36)43-21-11-14-24-51(43)55-52)31-35-25-29-49-45(32-35)41-20-10-13-23-48(41)54(49,38-15-5-3-6-16-38)39-17-7-4-8-18-39/h3-34H,1-2H3/b44-31+. The van der Waals surface area contributed by atoms with E-state index in [0.717, 1.165) is 0 Å². The Bertz CT molecular complexity index is 2960. The average molecular weight is 719 g/mol. The lowest BCUT2D eigenvalue weighted by Crippen LogP contribution is -2.28. The number of rotatable bonds is 5. The molecular weight excluding hydrogens is 681 g/mol. The normalized spacial score (nSPS) is 14.8. The van der Waals surface area contributed by atoms with Crippen molar-refractivity contribution in [1.82, 2.24) is 0 Å². The van der Waals surface area contributed by atoms with Crippen LogP contribution in [0.25, 0.3) is 54.1 Å². The van der Waals surface area contributed by atoms with Gasteiger partial charge in [-0.2, -0.15) is 0 Å². The van der Waals surface area contributed by atoms with Gasteiger partial charge in [-0.05, 0) is 114 Å². The smallest absolute Gasteiger partial charge is 0.0713 e. The average Bonchev–Trinajstić information content (AvgIpc) is 3.84. The van der Waals surface area contributed by atoms with Gasteiger partial charge in [0.15, 0.2) is 0 Å². The lowest BCUT2D eigenvalue weighted by molar-refractivity contribution is 0.660. The Morgan fingerprint density at radius 1 is 0.418 bits per heavy atom. The number of hydrogen-bond acceptors (Lipinski definition) is 1. The van der Waals surface area contributed by atoms with E-state index in [-0.39, 0.29) is 5.41 Å². The largest absolute Gasteiger partial charge is 0.135 e. The highest BCUT2D eigenvalue weighted by atomic mass is 32.1. The summed E-state index contributed by atoms with van der Waals surface area (Å²) in [5.74, 6) is 0. The van der Waals surface area contributed by atoms with Crippen LogP contribution in [-0.2, 0) is 10.8 Å². The van der Waals surface area contributed by atoms with Gasteiger partial charge in [-0.15, -0.1) is 11.3 Å². The van der Waals surface area contributed by atoms with Crippen molar-refractivity contribution in [2.75, 3.05) is 0 Å². The van der Waals surface area contributed by atoms with Crippen molar-refractivity contribution in [3.63, 3.8) is 0 Å². The predicted molar refractivity (Wildman–Crippen MR) is 234 cm³/mol. The van der Waals surface area contributed by atoms with Crippen molar-refractivity contribution in [1.29, 1.82) is 0 Å². The fourth-order valence-electron chi connectivity index (χ4n) is 9.82. The topological polar surface area (TPSA) is 0 Å². The van der Waals surface area contributed by atoms with E-state index in [9.17, 15) is 0 Å². The van der Waals surface area contributed by atoms with Crippen molar-refractivity contribution in [3.8, 4) is 22.3 Å².